The Morgan fingerprint density at radius 2 is 2.25 bits per heavy atom. The molecule has 0 aliphatic heterocycles. The highest BCUT2D eigenvalue weighted by molar-refractivity contribution is 7.09. The zero-order valence-electron chi connectivity index (χ0n) is 11.6. The molecule has 2 aromatic rings. The van der Waals surface area contributed by atoms with Crippen molar-refractivity contribution in [1.29, 1.82) is 0 Å². The second-order valence-corrected chi connectivity index (χ2v) is 5.53. The summed E-state index contributed by atoms with van der Waals surface area (Å²) in [5, 5.41) is 5.38. The summed E-state index contributed by atoms with van der Waals surface area (Å²) in [5.74, 6) is -0.410. The summed E-state index contributed by atoms with van der Waals surface area (Å²) in [6.07, 6.45) is 0.953. The summed E-state index contributed by atoms with van der Waals surface area (Å²) < 4.78 is 4.75. The van der Waals surface area contributed by atoms with E-state index in [1.54, 1.807) is 17.4 Å². The van der Waals surface area contributed by atoms with Crippen LogP contribution in [0.15, 0.2) is 29.6 Å². The second-order valence-electron chi connectivity index (χ2n) is 4.50. The summed E-state index contributed by atoms with van der Waals surface area (Å²) in [5.41, 5.74) is 8.54. The molecule has 0 spiro atoms. The third-order valence-corrected chi connectivity index (χ3v) is 4.01. The molecule has 1 aromatic heterocycles. The van der Waals surface area contributed by atoms with Crippen molar-refractivity contribution in [3.63, 3.8) is 0 Å². The minimum absolute atomic E-state index is 0.408. The van der Waals surface area contributed by atoms with Gasteiger partial charge in [-0.25, -0.2) is 4.79 Å². The molecule has 4 nitrogen and oxygen atoms in total. The number of rotatable bonds is 5. The van der Waals surface area contributed by atoms with Crippen LogP contribution in [0.25, 0.3) is 0 Å². The van der Waals surface area contributed by atoms with E-state index in [4.69, 9.17) is 10.5 Å². The van der Waals surface area contributed by atoms with Crippen molar-refractivity contribution in [2.45, 2.75) is 13.3 Å². The molecule has 2 rings (SSSR count). The van der Waals surface area contributed by atoms with Gasteiger partial charge < -0.3 is 15.8 Å². The predicted octanol–water partition coefficient (Wildman–Crippen LogP) is 3.08. The summed E-state index contributed by atoms with van der Waals surface area (Å²) in [6, 6.07) is 7.84. The molecule has 1 heterocycles. The van der Waals surface area contributed by atoms with Gasteiger partial charge in [-0.3, -0.25) is 0 Å². The quantitative estimate of drug-likeness (QED) is 0.656. The van der Waals surface area contributed by atoms with Crippen LogP contribution in [0.2, 0.25) is 0 Å². The number of esters is 1. The number of nitrogen functional groups attached to an aromatic ring is 1. The Bertz CT molecular complexity index is 594. The standard InChI is InChI=1S/C15H18N2O2S/c1-10-8-11(9-13(14(10)16)15(18)19-2)17-6-5-12-4-3-7-20-12/h3-4,7-9,17H,5-6,16H2,1-2H3. The topological polar surface area (TPSA) is 64.3 Å². The highest BCUT2D eigenvalue weighted by Gasteiger charge is 2.13. The number of hydrogen-bond donors (Lipinski definition) is 2. The number of methoxy groups -OCH3 is 1. The van der Waals surface area contributed by atoms with Gasteiger partial charge in [0.1, 0.15) is 0 Å². The number of anilines is 2. The molecule has 0 radical (unpaired) electrons. The monoisotopic (exact) mass is 290 g/mol. The number of aryl methyl sites for hydroxylation is 1. The van der Waals surface area contributed by atoms with Gasteiger partial charge in [-0.1, -0.05) is 6.07 Å². The zero-order chi connectivity index (χ0) is 14.5. The molecule has 5 heteroatoms. The Hall–Kier alpha value is -2.01. The summed E-state index contributed by atoms with van der Waals surface area (Å²) in [6.45, 7) is 2.69. The minimum atomic E-state index is -0.410. The molecular formula is C15H18N2O2S. The van der Waals surface area contributed by atoms with Crippen LogP contribution >= 0.6 is 11.3 Å². The van der Waals surface area contributed by atoms with Gasteiger partial charge in [0, 0.05) is 22.8 Å². The Kier molecular flexibility index (Phi) is 4.63. The van der Waals surface area contributed by atoms with Gasteiger partial charge in [0.2, 0.25) is 0 Å². The predicted molar refractivity (Wildman–Crippen MR) is 83.4 cm³/mol. The number of hydrogen-bond acceptors (Lipinski definition) is 5. The van der Waals surface area contributed by atoms with Crippen molar-refractivity contribution in [2.75, 3.05) is 24.7 Å². The lowest BCUT2D eigenvalue weighted by Gasteiger charge is -2.12. The van der Waals surface area contributed by atoms with Crippen LogP contribution in [-0.2, 0) is 11.2 Å². The SMILES string of the molecule is COC(=O)c1cc(NCCc2cccs2)cc(C)c1N. The Balaban J connectivity index is 2.08. The van der Waals surface area contributed by atoms with Crippen molar-refractivity contribution in [1.82, 2.24) is 0 Å². The van der Waals surface area contributed by atoms with Crippen LogP contribution in [0.3, 0.4) is 0 Å². The van der Waals surface area contributed by atoms with Gasteiger partial charge in [-0.2, -0.15) is 0 Å². The van der Waals surface area contributed by atoms with Gasteiger partial charge in [0.15, 0.2) is 0 Å². The van der Waals surface area contributed by atoms with E-state index in [0.29, 0.717) is 11.3 Å². The first-order chi connectivity index (χ1) is 9.61. The second kappa shape index (κ2) is 6.43. The third-order valence-electron chi connectivity index (χ3n) is 3.07. The van der Waals surface area contributed by atoms with Crippen molar-refractivity contribution in [3.8, 4) is 0 Å². The van der Waals surface area contributed by atoms with Crippen molar-refractivity contribution < 1.29 is 9.53 Å². The Morgan fingerprint density at radius 1 is 1.45 bits per heavy atom. The van der Waals surface area contributed by atoms with Gasteiger partial charge in [0.25, 0.3) is 0 Å². The van der Waals surface area contributed by atoms with E-state index in [0.717, 1.165) is 24.2 Å². The van der Waals surface area contributed by atoms with Crippen molar-refractivity contribution >= 4 is 28.7 Å². The number of thiophene rings is 1. The highest BCUT2D eigenvalue weighted by atomic mass is 32.1. The molecule has 0 amide bonds. The molecule has 20 heavy (non-hydrogen) atoms. The largest absolute Gasteiger partial charge is 0.465 e. The van der Waals surface area contributed by atoms with Gasteiger partial charge in [-0.05, 0) is 42.5 Å². The number of benzene rings is 1. The van der Waals surface area contributed by atoms with E-state index in [9.17, 15) is 4.79 Å². The lowest BCUT2D eigenvalue weighted by Crippen LogP contribution is -2.10. The zero-order valence-corrected chi connectivity index (χ0v) is 12.4. The highest BCUT2D eigenvalue weighted by Crippen LogP contribution is 2.23. The van der Waals surface area contributed by atoms with E-state index >= 15 is 0 Å². The van der Waals surface area contributed by atoms with E-state index in [1.807, 2.05) is 19.1 Å². The Morgan fingerprint density at radius 3 is 2.90 bits per heavy atom. The summed E-state index contributed by atoms with van der Waals surface area (Å²) >= 11 is 1.74. The normalized spacial score (nSPS) is 10.3. The average Bonchev–Trinajstić information content (AvgIpc) is 2.95. The van der Waals surface area contributed by atoms with Crippen molar-refractivity contribution in [3.05, 3.63) is 45.6 Å². The molecule has 0 saturated heterocycles. The molecule has 106 valence electrons. The van der Waals surface area contributed by atoms with E-state index < -0.39 is 5.97 Å². The molecule has 0 bridgehead atoms. The molecule has 0 aliphatic carbocycles. The molecule has 3 N–H and O–H groups in total. The van der Waals surface area contributed by atoms with Gasteiger partial charge >= 0.3 is 5.97 Å². The first kappa shape index (κ1) is 14.4. The summed E-state index contributed by atoms with van der Waals surface area (Å²) in [4.78, 5) is 13.0. The molecule has 0 aliphatic rings. The van der Waals surface area contributed by atoms with Crippen LogP contribution in [0.4, 0.5) is 11.4 Å². The fraction of sp³-hybridized carbons (Fsp3) is 0.267. The van der Waals surface area contributed by atoms with Crippen molar-refractivity contribution in [2.24, 2.45) is 0 Å². The number of nitrogens with one attached hydrogen (secondary N) is 1. The number of nitrogens with two attached hydrogens (primary N) is 1. The summed E-state index contributed by atoms with van der Waals surface area (Å²) in [7, 11) is 1.36. The lowest BCUT2D eigenvalue weighted by molar-refractivity contribution is 0.0602. The third kappa shape index (κ3) is 3.30. The maximum atomic E-state index is 11.7. The average molecular weight is 290 g/mol. The minimum Gasteiger partial charge on any atom is -0.465 e. The molecule has 0 atom stereocenters. The smallest absolute Gasteiger partial charge is 0.340 e. The van der Waals surface area contributed by atoms with E-state index in [1.165, 1.54) is 12.0 Å². The van der Waals surface area contributed by atoms with Gasteiger partial charge in [0.05, 0.1) is 12.7 Å². The lowest BCUT2D eigenvalue weighted by atomic mass is 10.1. The first-order valence-electron chi connectivity index (χ1n) is 6.36. The fourth-order valence-corrected chi connectivity index (χ4v) is 2.67. The first-order valence-corrected chi connectivity index (χ1v) is 7.24. The molecule has 0 fully saturated rings. The molecule has 0 saturated carbocycles. The molecule has 1 aromatic carbocycles. The van der Waals surface area contributed by atoms with E-state index in [-0.39, 0.29) is 0 Å². The molecule has 0 unspecified atom stereocenters. The molecular weight excluding hydrogens is 272 g/mol. The number of carbonyl (C=O) groups is 1. The Labute approximate surface area is 122 Å². The van der Waals surface area contributed by atoms with Crippen LogP contribution in [-0.4, -0.2) is 19.6 Å². The van der Waals surface area contributed by atoms with Crippen LogP contribution in [0, 0.1) is 6.92 Å². The maximum Gasteiger partial charge on any atom is 0.340 e. The van der Waals surface area contributed by atoms with Crippen LogP contribution in [0.5, 0.6) is 0 Å². The van der Waals surface area contributed by atoms with Gasteiger partial charge in [-0.15, -0.1) is 11.3 Å². The number of carbonyl (C=O) groups excluding carboxylic acids is 1. The van der Waals surface area contributed by atoms with Crippen LogP contribution < -0.4 is 11.1 Å². The fourth-order valence-electron chi connectivity index (χ4n) is 1.96. The maximum absolute atomic E-state index is 11.7. The van der Waals surface area contributed by atoms with E-state index in [2.05, 4.69) is 16.8 Å². The number of ether oxygens (including phenoxy) is 1. The van der Waals surface area contributed by atoms with Crippen LogP contribution in [0.1, 0.15) is 20.8 Å².